The summed E-state index contributed by atoms with van der Waals surface area (Å²) >= 11 is 0. The molecule has 0 aromatic heterocycles. The first-order valence-electron chi connectivity index (χ1n) is 7.99. The topological polar surface area (TPSA) is 122 Å². The van der Waals surface area contributed by atoms with Gasteiger partial charge in [0.15, 0.2) is 0 Å². The predicted octanol–water partition coefficient (Wildman–Crippen LogP) is 1.40. The molecule has 1 saturated heterocycles. The van der Waals surface area contributed by atoms with Crippen molar-refractivity contribution >= 4 is 33.3 Å². The molecule has 1 fully saturated rings. The minimum Gasteiger partial charge on any atom is -0.333 e. The van der Waals surface area contributed by atoms with E-state index in [0.717, 1.165) is 0 Å². The van der Waals surface area contributed by atoms with E-state index in [-0.39, 0.29) is 23.8 Å². The first-order chi connectivity index (χ1) is 12.7. The number of anilines is 2. The SMILES string of the molecule is NS(=O)(=O)c1ccc(NC(=O)NC2CC(=O)N(c3ccc(F)cc3)C2)cc1. The largest absolute Gasteiger partial charge is 0.333 e. The fraction of sp³-hybridized carbons (Fsp3) is 0.176. The lowest BCUT2D eigenvalue weighted by molar-refractivity contribution is -0.117. The highest BCUT2D eigenvalue weighted by Crippen LogP contribution is 2.22. The molecule has 27 heavy (non-hydrogen) atoms. The highest BCUT2D eigenvalue weighted by atomic mass is 32.2. The van der Waals surface area contributed by atoms with Crippen molar-refractivity contribution in [3.05, 3.63) is 54.3 Å². The number of rotatable bonds is 4. The molecule has 8 nitrogen and oxygen atoms in total. The van der Waals surface area contributed by atoms with Crippen LogP contribution in [-0.2, 0) is 14.8 Å². The molecule has 142 valence electrons. The summed E-state index contributed by atoms with van der Waals surface area (Å²) in [7, 11) is -3.80. The monoisotopic (exact) mass is 392 g/mol. The summed E-state index contributed by atoms with van der Waals surface area (Å²) in [6.07, 6.45) is 0.120. The van der Waals surface area contributed by atoms with Crippen molar-refractivity contribution in [2.24, 2.45) is 5.14 Å². The van der Waals surface area contributed by atoms with Crippen LogP contribution in [0.3, 0.4) is 0 Å². The van der Waals surface area contributed by atoms with Crippen LogP contribution in [0.4, 0.5) is 20.6 Å². The molecule has 1 aliphatic rings. The molecule has 0 bridgehead atoms. The molecule has 2 aromatic rings. The number of sulfonamides is 1. The van der Waals surface area contributed by atoms with Crippen molar-refractivity contribution in [2.75, 3.05) is 16.8 Å². The Hall–Kier alpha value is -2.98. The second kappa shape index (κ2) is 7.33. The van der Waals surface area contributed by atoms with Gasteiger partial charge in [-0.25, -0.2) is 22.7 Å². The van der Waals surface area contributed by atoms with E-state index in [2.05, 4.69) is 10.6 Å². The summed E-state index contributed by atoms with van der Waals surface area (Å²) < 4.78 is 35.4. The zero-order valence-electron chi connectivity index (χ0n) is 14.1. The van der Waals surface area contributed by atoms with Crippen LogP contribution >= 0.6 is 0 Å². The highest BCUT2D eigenvalue weighted by Gasteiger charge is 2.31. The molecule has 0 spiro atoms. The number of nitrogens with one attached hydrogen (secondary N) is 2. The van der Waals surface area contributed by atoms with Gasteiger partial charge >= 0.3 is 6.03 Å². The van der Waals surface area contributed by atoms with Crippen molar-refractivity contribution in [2.45, 2.75) is 17.4 Å². The fourth-order valence-corrected chi connectivity index (χ4v) is 3.27. The summed E-state index contributed by atoms with van der Waals surface area (Å²) in [5, 5.41) is 10.3. The van der Waals surface area contributed by atoms with Crippen LogP contribution in [-0.4, -0.2) is 32.9 Å². The Balaban J connectivity index is 1.58. The molecule has 0 radical (unpaired) electrons. The van der Waals surface area contributed by atoms with Crippen molar-refractivity contribution in [3.8, 4) is 0 Å². The van der Waals surface area contributed by atoms with Gasteiger partial charge in [-0.3, -0.25) is 4.79 Å². The van der Waals surface area contributed by atoms with Gasteiger partial charge in [0.25, 0.3) is 0 Å². The lowest BCUT2D eigenvalue weighted by Gasteiger charge is -2.17. The van der Waals surface area contributed by atoms with E-state index < -0.39 is 27.9 Å². The Labute approximate surface area is 155 Å². The van der Waals surface area contributed by atoms with Gasteiger partial charge in [-0.1, -0.05) is 0 Å². The fourth-order valence-electron chi connectivity index (χ4n) is 2.76. The molecule has 1 aliphatic heterocycles. The van der Waals surface area contributed by atoms with Gasteiger partial charge in [0.05, 0.1) is 10.9 Å². The van der Waals surface area contributed by atoms with Gasteiger partial charge in [0.1, 0.15) is 5.82 Å². The normalized spacial score (nSPS) is 17.0. The van der Waals surface area contributed by atoms with Crippen molar-refractivity contribution in [3.63, 3.8) is 0 Å². The molecule has 0 saturated carbocycles. The summed E-state index contributed by atoms with van der Waals surface area (Å²) in [5.41, 5.74) is 0.935. The molecule has 0 aliphatic carbocycles. The Kier molecular flexibility index (Phi) is 5.10. The molecule has 1 atom stereocenters. The van der Waals surface area contributed by atoms with E-state index in [1.807, 2.05) is 0 Å². The number of nitrogens with zero attached hydrogens (tertiary/aromatic N) is 1. The van der Waals surface area contributed by atoms with Gasteiger partial charge in [-0.2, -0.15) is 0 Å². The Morgan fingerprint density at radius 2 is 1.74 bits per heavy atom. The first-order valence-corrected chi connectivity index (χ1v) is 9.53. The molecule has 3 amide bonds. The maximum atomic E-state index is 13.0. The van der Waals surface area contributed by atoms with Crippen molar-refractivity contribution in [1.29, 1.82) is 0 Å². The van der Waals surface area contributed by atoms with Crippen LogP contribution in [0, 0.1) is 5.82 Å². The second-order valence-corrected chi connectivity index (χ2v) is 7.61. The number of carbonyl (C=O) groups is 2. The van der Waals surface area contributed by atoms with Crippen LogP contribution in [0.15, 0.2) is 53.4 Å². The summed E-state index contributed by atoms with van der Waals surface area (Å²) in [6, 6.07) is 9.96. The van der Waals surface area contributed by atoms with Crippen LogP contribution in [0.1, 0.15) is 6.42 Å². The van der Waals surface area contributed by atoms with Gasteiger partial charge < -0.3 is 15.5 Å². The molecule has 10 heteroatoms. The third kappa shape index (κ3) is 4.60. The summed E-state index contributed by atoms with van der Waals surface area (Å²) in [4.78, 5) is 25.6. The number of nitrogens with two attached hydrogens (primary N) is 1. The van der Waals surface area contributed by atoms with Gasteiger partial charge in [-0.05, 0) is 48.5 Å². The lowest BCUT2D eigenvalue weighted by atomic mass is 10.2. The van der Waals surface area contributed by atoms with Crippen molar-refractivity contribution < 1.29 is 22.4 Å². The minimum absolute atomic E-state index is 0.0650. The van der Waals surface area contributed by atoms with Crippen LogP contribution in [0.2, 0.25) is 0 Å². The maximum absolute atomic E-state index is 13.0. The second-order valence-electron chi connectivity index (χ2n) is 6.05. The molecule has 3 rings (SSSR count). The number of amides is 3. The average molecular weight is 392 g/mol. The van der Waals surface area contributed by atoms with E-state index in [4.69, 9.17) is 5.14 Å². The summed E-state index contributed by atoms with van der Waals surface area (Å²) in [6.45, 7) is 0.266. The smallest absolute Gasteiger partial charge is 0.319 e. The molecule has 4 N–H and O–H groups in total. The quantitative estimate of drug-likeness (QED) is 0.728. The third-order valence-electron chi connectivity index (χ3n) is 4.04. The van der Waals surface area contributed by atoms with E-state index in [1.165, 1.54) is 53.4 Å². The number of hydrogen-bond donors (Lipinski definition) is 3. The minimum atomic E-state index is -3.80. The molecule has 2 aromatic carbocycles. The predicted molar refractivity (Wildman–Crippen MR) is 97.1 cm³/mol. The van der Waals surface area contributed by atoms with Gasteiger partial charge in [-0.15, -0.1) is 0 Å². The van der Waals surface area contributed by atoms with Gasteiger partial charge in [0.2, 0.25) is 15.9 Å². The molecular weight excluding hydrogens is 375 g/mol. The molecule has 1 unspecified atom stereocenters. The zero-order valence-corrected chi connectivity index (χ0v) is 14.9. The number of hydrogen-bond acceptors (Lipinski definition) is 4. The Morgan fingerprint density at radius 1 is 1.11 bits per heavy atom. The highest BCUT2D eigenvalue weighted by molar-refractivity contribution is 7.89. The van der Waals surface area contributed by atoms with E-state index in [9.17, 15) is 22.4 Å². The average Bonchev–Trinajstić information content (AvgIpc) is 2.95. The van der Waals surface area contributed by atoms with E-state index in [1.54, 1.807) is 0 Å². The van der Waals surface area contributed by atoms with Gasteiger partial charge in [0, 0.05) is 24.3 Å². The van der Waals surface area contributed by atoms with Crippen LogP contribution in [0.25, 0.3) is 0 Å². The number of benzene rings is 2. The molecule has 1 heterocycles. The van der Waals surface area contributed by atoms with Crippen LogP contribution in [0.5, 0.6) is 0 Å². The molecular formula is C17H17FN4O4S. The first kappa shape index (κ1) is 18.8. The summed E-state index contributed by atoms with van der Waals surface area (Å²) in [5.74, 6) is -0.572. The van der Waals surface area contributed by atoms with Crippen LogP contribution < -0.4 is 20.7 Å². The Morgan fingerprint density at radius 3 is 2.33 bits per heavy atom. The zero-order chi connectivity index (χ0) is 19.6. The number of halogens is 1. The number of carbonyl (C=O) groups excluding carboxylic acids is 2. The maximum Gasteiger partial charge on any atom is 0.319 e. The van der Waals surface area contributed by atoms with Crippen molar-refractivity contribution in [1.82, 2.24) is 5.32 Å². The number of urea groups is 1. The lowest BCUT2D eigenvalue weighted by Crippen LogP contribution is -2.39. The van der Waals surface area contributed by atoms with E-state index >= 15 is 0 Å². The third-order valence-corrected chi connectivity index (χ3v) is 4.97. The van der Waals surface area contributed by atoms with E-state index in [0.29, 0.717) is 11.4 Å². The standard InChI is InChI=1S/C17H17FN4O4S/c18-11-1-5-14(6-2-11)22-10-13(9-16(22)23)21-17(24)20-12-3-7-15(8-4-12)27(19,25)26/h1-8,13H,9-10H2,(H2,19,25,26)(H2,20,21,24). The number of primary sulfonamides is 1. The Bertz CT molecular complexity index is 961.